The van der Waals surface area contributed by atoms with E-state index in [1.54, 1.807) is 19.4 Å². The third-order valence-corrected chi connectivity index (χ3v) is 4.52. The maximum absolute atomic E-state index is 12.5. The van der Waals surface area contributed by atoms with Gasteiger partial charge in [0, 0.05) is 25.3 Å². The fourth-order valence-corrected chi connectivity index (χ4v) is 3.31. The highest BCUT2D eigenvalue weighted by molar-refractivity contribution is 5.89. The van der Waals surface area contributed by atoms with E-state index in [4.69, 9.17) is 10.5 Å². The minimum Gasteiger partial charge on any atom is -0.492 e. The number of aryl methyl sites for hydroxylation is 1. The molecule has 1 aliphatic rings. The number of hydrogen-bond acceptors (Lipinski definition) is 5. The monoisotopic (exact) mass is 331 g/mol. The Morgan fingerprint density at radius 1 is 1.50 bits per heavy atom. The van der Waals surface area contributed by atoms with Crippen LogP contribution in [0.15, 0.2) is 23.1 Å². The van der Waals surface area contributed by atoms with E-state index in [2.05, 4.69) is 4.90 Å². The van der Waals surface area contributed by atoms with Crippen molar-refractivity contribution in [1.29, 1.82) is 0 Å². The van der Waals surface area contributed by atoms with Gasteiger partial charge >= 0.3 is 5.97 Å². The van der Waals surface area contributed by atoms with Crippen LogP contribution >= 0.6 is 0 Å². The summed E-state index contributed by atoms with van der Waals surface area (Å²) in [7, 11) is 1.56. The molecule has 2 aromatic heterocycles. The van der Waals surface area contributed by atoms with Crippen LogP contribution < -0.4 is 20.9 Å². The fraction of sp³-hybridized carbons (Fsp3) is 0.412. The first-order valence-electron chi connectivity index (χ1n) is 7.97. The number of carbonyl (C=O) groups is 1. The largest absolute Gasteiger partial charge is 0.492 e. The molecule has 0 radical (unpaired) electrons. The van der Waals surface area contributed by atoms with Gasteiger partial charge in [-0.3, -0.25) is 9.20 Å². The Morgan fingerprint density at radius 3 is 2.79 bits per heavy atom. The van der Waals surface area contributed by atoms with Crippen LogP contribution in [0.4, 0.5) is 5.69 Å². The molecular weight excluding hydrogens is 310 g/mol. The molecule has 0 aromatic carbocycles. The van der Waals surface area contributed by atoms with E-state index in [1.807, 2.05) is 6.92 Å². The van der Waals surface area contributed by atoms with Gasteiger partial charge in [0.05, 0.1) is 18.3 Å². The highest BCUT2D eigenvalue weighted by atomic mass is 16.5. The van der Waals surface area contributed by atoms with E-state index in [1.165, 1.54) is 10.5 Å². The van der Waals surface area contributed by atoms with E-state index in [9.17, 15) is 14.7 Å². The Labute approximate surface area is 139 Å². The lowest BCUT2D eigenvalue weighted by Crippen LogP contribution is -2.28. The number of hydrogen-bond donors (Lipinski definition) is 2. The Balaban J connectivity index is 2.31. The second-order valence-corrected chi connectivity index (χ2v) is 5.99. The van der Waals surface area contributed by atoms with Crippen LogP contribution in [0.2, 0.25) is 0 Å². The molecule has 0 spiro atoms. The molecule has 7 heteroatoms. The van der Waals surface area contributed by atoms with Gasteiger partial charge in [0.15, 0.2) is 5.75 Å². The van der Waals surface area contributed by atoms with Crippen molar-refractivity contribution in [2.75, 3.05) is 25.1 Å². The third kappa shape index (κ3) is 2.50. The summed E-state index contributed by atoms with van der Waals surface area (Å²) in [5.41, 5.74) is 7.46. The standard InChI is InChI=1S/C17H21N3O4/c1-3-10-8-12(17(22)23)16(21)20-7-5-13(15(24-2)14(10)20)19-6-4-11(18)9-19/h5,7-8,11H,3-4,6,9,18H2,1-2H3,(H,22,23). The molecule has 2 aromatic rings. The number of ether oxygens (including phenoxy) is 1. The molecule has 128 valence electrons. The van der Waals surface area contributed by atoms with E-state index in [-0.39, 0.29) is 11.6 Å². The lowest BCUT2D eigenvalue weighted by Gasteiger charge is -2.23. The first kappa shape index (κ1) is 16.3. The molecule has 1 unspecified atom stereocenters. The molecule has 0 bridgehead atoms. The summed E-state index contributed by atoms with van der Waals surface area (Å²) in [6.07, 6.45) is 3.11. The summed E-state index contributed by atoms with van der Waals surface area (Å²) in [6.45, 7) is 3.47. The highest BCUT2D eigenvalue weighted by Crippen LogP contribution is 2.35. The van der Waals surface area contributed by atoms with Crippen LogP contribution in [-0.4, -0.2) is 41.7 Å². The fourth-order valence-electron chi connectivity index (χ4n) is 3.31. The molecule has 1 saturated heterocycles. The van der Waals surface area contributed by atoms with E-state index < -0.39 is 11.5 Å². The van der Waals surface area contributed by atoms with Crippen LogP contribution in [0.1, 0.15) is 29.3 Å². The minimum atomic E-state index is -1.22. The van der Waals surface area contributed by atoms with Gasteiger partial charge in [-0.1, -0.05) is 6.92 Å². The number of nitrogens with zero attached hydrogens (tertiary/aromatic N) is 2. The quantitative estimate of drug-likeness (QED) is 0.871. The lowest BCUT2D eigenvalue weighted by molar-refractivity contribution is 0.0694. The van der Waals surface area contributed by atoms with Gasteiger partial charge in [0.25, 0.3) is 5.56 Å². The summed E-state index contributed by atoms with van der Waals surface area (Å²) < 4.78 is 6.98. The number of carboxylic acid groups (broad SMARTS) is 1. The van der Waals surface area contributed by atoms with Gasteiger partial charge < -0.3 is 20.5 Å². The molecule has 3 heterocycles. The molecule has 7 nitrogen and oxygen atoms in total. The average Bonchev–Trinajstić information content (AvgIpc) is 3.00. The number of pyridine rings is 2. The molecular formula is C17H21N3O4. The van der Waals surface area contributed by atoms with E-state index in [0.717, 1.165) is 30.8 Å². The van der Waals surface area contributed by atoms with Crippen LogP contribution in [0.3, 0.4) is 0 Å². The van der Waals surface area contributed by atoms with Crippen LogP contribution in [0.5, 0.6) is 5.75 Å². The van der Waals surface area contributed by atoms with Crippen molar-refractivity contribution in [3.05, 3.63) is 39.8 Å². The zero-order valence-electron chi connectivity index (χ0n) is 13.8. The van der Waals surface area contributed by atoms with Crippen LogP contribution in [0.25, 0.3) is 5.52 Å². The normalized spacial score (nSPS) is 17.5. The highest BCUT2D eigenvalue weighted by Gasteiger charge is 2.25. The first-order chi connectivity index (χ1) is 11.5. The van der Waals surface area contributed by atoms with Crippen molar-refractivity contribution in [2.45, 2.75) is 25.8 Å². The molecule has 3 N–H and O–H groups in total. The summed E-state index contributed by atoms with van der Waals surface area (Å²) in [4.78, 5) is 26.0. The predicted octanol–water partition coefficient (Wildman–Crippen LogP) is 1.11. The number of carboxylic acids is 1. The minimum absolute atomic E-state index is 0.119. The second kappa shape index (κ2) is 6.16. The zero-order chi connectivity index (χ0) is 17.4. The smallest absolute Gasteiger partial charge is 0.341 e. The molecule has 0 amide bonds. The molecule has 1 aliphatic heterocycles. The molecule has 3 rings (SSSR count). The number of methoxy groups -OCH3 is 1. The predicted molar refractivity (Wildman–Crippen MR) is 91.4 cm³/mol. The number of aromatic nitrogens is 1. The maximum atomic E-state index is 12.5. The first-order valence-corrected chi connectivity index (χ1v) is 7.97. The summed E-state index contributed by atoms with van der Waals surface area (Å²) in [5.74, 6) is -0.643. The SMILES string of the molecule is CCc1cc(C(=O)O)c(=O)n2ccc(N3CCC(N)C3)c(OC)c12. The van der Waals surface area contributed by atoms with Crippen LogP contribution in [-0.2, 0) is 6.42 Å². The van der Waals surface area contributed by atoms with Gasteiger partial charge in [-0.25, -0.2) is 4.79 Å². The van der Waals surface area contributed by atoms with E-state index in [0.29, 0.717) is 17.7 Å². The van der Waals surface area contributed by atoms with Gasteiger partial charge in [-0.05, 0) is 30.5 Å². The Bertz CT molecular complexity index is 859. The molecule has 0 saturated carbocycles. The van der Waals surface area contributed by atoms with Crippen molar-refractivity contribution in [3.63, 3.8) is 0 Å². The Morgan fingerprint density at radius 2 is 2.25 bits per heavy atom. The second-order valence-electron chi connectivity index (χ2n) is 5.99. The Kier molecular flexibility index (Phi) is 4.19. The van der Waals surface area contributed by atoms with E-state index >= 15 is 0 Å². The number of aromatic carboxylic acids is 1. The van der Waals surface area contributed by atoms with Gasteiger partial charge in [0.2, 0.25) is 0 Å². The lowest BCUT2D eigenvalue weighted by atomic mass is 10.1. The molecule has 1 fully saturated rings. The van der Waals surface area contributed by atoms with Gasteiger partial charge in [-0.2, -0.15) is 0 Å². The number of fused-ring (bicyclic) bond motifs is 1. The topological polar surface area (TPSA) is 97.3 Å². The van der Waals surface area contributed by atoms with Gasteiger partial charge in [-0.15, -0.1) is 0 Å². The molecule has 0 aliphatic carbocycles. The summed E-state index contributed by atoms with van der Waals surface area (Å²) in [5, 5.41) is 9.26. The summed E-state index contributed by atoms with van der Waals surface area (Å²) >= 11 is 0. The Hall–Kier alpha value is -2.54. The average molecular weight is 331 g/mol. The molecule has 1 atom stereocenters. The number of nitrogens with two attached hydrogens (primary N) is 1. The van der Waals surface area contributed by atoms with Gasteiger partial charge in [0.1, 0.15) is 5.56 Å². The van der Waals surface area contributed by atoms with Crippen molar-refractivity contribution in [2.24, 2.45) is 5.73 Å². The van der Waals surface area contributed by atoms with Crippen molar-refractivity contribution in [3.8, 4) is 5.75 Å². The van der Waals surface area contributed by atoms with Crippen molar-refractivity contribution >= 4 is 17.2 Å². The van der Waals surface area contributed by atoms with Crippen molar-refractivity contribution < 1.29 is 14.6 Å². The summed E-state index contributed by atoms with van der Waals surface area (Å²) in [6, 6.07) is 3.35. The van der Waals surface area contributed by atoms with Crippen molar-refractivity contribution in [1.82, 2.24) is 4.40 Å². The zero-order valence-corrected chi connectivity index (χ0v) is 13.8. The number of rotatable bonds is 4. The maximum Gasteiger partial charge on any atom is 0.341 e. The molecule has 24 heavy (non-hydrogen) atoms. The third-order valence-electron chi connectivity index (χ3n) is 4.52. The van der Waals surface area contributed by atoms with Crippen LogP contribution in [0, 0.1) is 0 Å². The number of anilines is 1.